The minimum atomic E-state index is 0.0161. The molecule has 3 nitrogen and oxygen atoms in total. The molecule has 2 aromatic rings. The van der Waals surface area contributed by atoms with Crippen molar-refractivity contribution in [3.05, 3.63) is 52.9 Å². The number of nitrogens with one attached hydrogen (secondary N) is 1. The van der Waals surface area contributed by atoms with Crippen molar-refractivity contribution in [1.29, 1.82) is 0 Å². The van der Waals surface area contributed by atoms with Crippen molar-refractivity contribution in [3.8, 4) is 5.75 Å². The van der Waals surface area contributed by atoms with E-state index in [0.717, 1.165) is 23.4 Å². The number of halogens is 1. The molecule has 4 heteroatoms. The zero-order chi connectivity index (χ0) is 13.0. The van der Waals surface area contributed by atoms with Crippen molar-refractivity contribution in [2.75, 3.05) is 13.7 Å². The van der Waals surface area contributed by atoms with Crippen molar-refractivity contribution >= 4 is 11.6 Å². The van der Waals surface area contributed by atoms with Crippen LogP contribution in [-0.2, 0) is 0 Å². The molecular weight excluding hydrogens is 250 g/mol. The van der Waals surface area contributed by atoms with Gasteiger partial charge in [0.2, 0.25) is 0 Å². The predicted molar refractivity (Wildman–Crippen MR) is 72.2 cm³/mol. The fourth-order valence-corrected chi connectivity index (χ4v) is 2.16. The first-order valence-corrected chi connectivity index (χ1v) is 6.23. The van der Waals surface area contributed by atoms with Crippen molar-refractivity contribution in [1.82, 2.24) is 5.32 Å². The molecule has 0 fully saturated rings. The van der Waals surface area contributed by atoms with Gasteiger partial charge in [-0.15, -0.1) is 0 Å². The summed E-state index contributed by atoms with van der Waals surface area (Å²) in [6.07, 6.45) is 3.39. The minimum Gasteiger partial charge on any atom is -0.496 e. The van der Waals surface area contributed by atoms with E-state index in [4.69, 9.17) is 20.8 Å². The second-order valence-electron chi connectivity index (χ2n) is 3.93. The van der Waals surface area contributed by atoms with E-state index in [1.807, 2.05) is 24.3 Å². The lowest BCUT2D eigenvalue weighted by Crippen LogP contribution is -2.22. The van der Waals surface area contributed by atoms with Gasteiger partial charge in [0.15, 0.2) is 0 Å². The zero-order valence-electron chi connectivity index (χ0n) is 10.4. The van der Waals surface area contributed by atoms with Crippen molar-refractivity contribution in [3.63, 3.8) is 0 Å². The molecule has 0 amide bonds. The van der Waals surface area contributed by atoms with Crippen LogP contribution in [0.1, 0.15) is 24.1 Å². The highest BCUT2D eigenvalue weighted by atomic mass is 35.5. The van der Waals surface area contributed by atoms with Gasteiger partial charge in [0.1, 0.15) is 5.75 Å². The lowest BCUT2D eigenvalue weighted by molar-refractivity contribution is 0.404. The molecule has 0 saturated heterocycles. The molecule has 1 atom stereocenters. The quantitative estimate of drug-likeness (QED) is 0.896. The van der Waals surface area contributed by atoms with E-state index in [0.29, 0.717) is 5.02 Å². The number of furan rings is 1. The van der Waals surface area contributed by atoms with Crippen LogP contribution in [0, 0.1) is 0 Å². The number of hydrogen-bond donors (Lipinski definition) is 1. The molecule has 0 bridgehead atoms. The number of ether oxygens (including phenoxy) is 1. The number of benzene rings is 1. The number of rotatable bonds is 5. The van der Waals surface area contributed by atoms with E-state index in [-0.39, 0.29) is 6.04 Å². The Morgan fingerprint density at radius 3 is 2.83 bits per heavy atom. The maximum absolute atomic E-state index is 6.07. The minimum absolute atomic E-state index is 0.0161. The van der Waals surface area contributed by atoms with E-state index in [1.165, 1.54) is 0 Å². The third kappa shape index (κ3) is 2.68. The monoisotopic (exact) mass is 265 g/mol. The van der Waals surface area contributed by atoms with E-state index >= 15 is 0 Å². The second-order valence-corrected chi connectivity index (χ2v) is 4.37. The Labute approximate surface area is 112 Å². The third-order valence-electron chi connectivity index (χ3n) is 2.79. The summed E-state index contributed by atoms with van der Waals surface area (Å²) in [7, 11) is 1.66. The summed E-state index contributed by atoms with van der Waals surface area (Å²) < 4.78 is 10.5. The van der Waals surface area contributed by atoms with Gasteiger partial charge in [-0.2, -0.15) is 0 Å². The Kier molecular flexibility index (Phi) is 4.28. The van der Waals surface area contributed by atoms with Crippen LogP contribution in [0.25, 0.3) is 0 Å². The average molecular weight is 266 g/mol. The molecule has 0 spiro atoms. The fraction of sp³-hybridized carbons (Fsp3) is 0.286. The standard InChI is InChI=1S/C14H16ClNO2/c1-3-16-14(10-6-7-18-9-10)12-8-11(15)4-5-13(12)17-2/h4-9,14,16H,3H2,1-2H3. The Bertz CT molecular complexity index is 497. The summed E-state index contributed by atoms with van der Waals surface area (Å²) in [6.45, 7) is 2.90. The average Bonchev–Trinajstić information content (AvgIpc) is 2.89. The molecule has 18 heavy (non-hydrogen) atoms. The van der Waals surface area contributed by atoms with Gasteiger partial charge in [0.05, 0.1) is 25.7 Å². The van der Waals surface area contributed by atoms with Crippen LogP contribution in [0.4, 0.5) is 0 Å². The van der Waals surface area contributed by atoms with Gasteiger partial charge < -0.3 is 14.5 Å². The highest BCUT2D eigenvalue weighted by Crippen LogP contribution is 2.32. The van der Waals surface area contributed by atoms with E-state index < -0.39 is 0 Å². The van der Waals surface area contributed by atoms with E-state index in [9.17, 15) is 0 Å². The molecule has 96 valence electrons. The molecule has 1 aromatic carbocycles. The Morgan fingerprint density at radius 1 is 1.39 bits per heavy atom. The van der Waals surface area contributed by atoms with Crippen LogP contribution in [0.15, 0.2) is 41.2 Å². The SMILES string of the molecule is CCNC(c1ccoc1)c1cc(Cl)ccc1OC. The van der Waals surface area contributed by atoms with Crippen LogP contribution < -0.4 is 10.1 Å². The van der Waals surface area contributed by atoms with E-state index in [1.54, 1.807) is 19.6 Å². The van der Waals surface area contributed by atoms with Gasteiger partial charge >= 0.3 is 0 Å². The first kappa shape index (κ1) is 13.0. The molecule has 1 aromatic heterocycles. The number of methoxy groups -OCH3 is 1. The van der Waals surface area contributed by atoms with Gasteiger partial charge in [-0.1, -0.05) is 18.5 Å². The van der Waals surface area contributed by atoms with Crippen LogP contribution >= 0.6 is 11.6 Å². The lowest BCUT2D eigenvalue weighted by atomic mass is 10.00. The molecule has 1 unspecified atom stereocenters. The normalized spacial score (nSPS) is 12.4. The smallest absolute Gasteiger partial charge is 0.124 e. The molecule has 2 rings (SSSR count). The fourth-order valence-electron chi connectivity index (χ4n) is 1.98. The van der Waals surface area contributed by atoms with Gasteiger partial charge in [0, 0.05) is 16.1 Å². The first-order valence-electron chi connectivity index (χ1n) is 5.85. The summed E-state index contributed by atoms with van der Waals surface area (Å²) in [5.74, 6) is 0.812. The molecule has 0 aliphatic rings. The Hall–Kier alpha value is -1.45. The van der Waals surface area contributed by atoms with Crippen LogP contribution in [-0.4, -0.2) is 13.7 Å². The van der Waals surface area contributed by atoms with Crippen LogP contribution in [0.5, 0.6) is 5.75 Å². The van der Waals surface area contributed by atoms with Crippen molar-refractivity contribution in [2.45, 2.75) is 13.0 Å². The van der Waals surface area contributed by atoms with Crippen LogP contribution in [0.2, 0.25) is 5.02 Å². The largest absolute Gasteiger partial charge is 0.496 e. The summed E-state index contributed by atoms with van der Waals surface area (Å²) in [5, 5.41) is 4.10. The topological polar surface area (TPSA) is 34.4 Å². The van der Waals surface area contributed by atoms with Gasteiger partial charge in [0.25, 0.3) is 0 Å². The molecule has 0 saturated carbocycles. The second kappa shape index (κ2) is 5.94. The Balaban J connectivity index is 2.45. The molecule has 1 heterocycles. The van der Waals surface area contributed by atoms with Crippen molar-refractivity contribution < 1.29 is 9.15 Å². The summed E-state index contributed by atoms with van der Waals surface area (Å²) >= 11 is 6.07. The number of hydrogen-bond acceptors (Lipinski definition) is 3. The first-order chi connectivity index (χ1) is 8.76. The maximum atomic E-state index is 6.07. The zero-order valence-corrected chi connectivity index (χ0v) is 11.2. The summed E-state index contributed by atoms with van der Waals surface area (Å²) in [6, 6.07) is 7.57. The highest BCUT2D eigenvalue weighted by Gasteiger charge is 2.18. The highest BCUT2D eigenvalue weighted by molar-refractivity contribution is 6.30. The molecule has 0 aliphatic heterocycles. The molecule has 0 aliphatic carbocycles. The molecule has 1 N–H and O–H groups in total. The van der Waals surface area contributed by atoms with Crippen LogP contribution in [0.3, 0.4) is 0 Å². The maximum Gasteiger partial charge on any atom is 0.124 e. The van der Waals surface area contributed by atoms with Gasteiger partial charge in [-0.25, -0.2) is 0 Å². The predicted octanol–water partition coefficient (Wildman–Crippen LogP) is 3.64. The van der Waals surface area contributed by atoms with Crippen molar-refractivity contribution in [2.24, 2.45) is 0 Å². The van der Waals surface area contributed by atoms with E-state index in [2.05, 4.69) is 12.2 Å². The lowest BCUT2D eigenvalue weighted by Gasteiger charge is -2.19. The Morgan fingerprint density at radius 2 is 2.22 bits per heavy atom. The summed E-state index contributed by atoms with van der Waals surface area (Å²) in [5.41, 5.74) is 2.06. The summed E-state index contributed by atoms with van der Waals surface area (Å²) in [4.78, 5) is 0. The molecular formula is C14H16ClNO2. The molecule has 0 radical (unpaired) electrons. The van der Waals surface area contributed by atoms with Gasteiger partial charge in [-0.3, -0.25) is 0 Å². The van der Waals surface area contributed by atoms with Gasteiger partial charge in [-0.05, 0) is 30.8 Å². The third-order valence-corrected chi connectivity index (χ3v) is 3.02.